The summed E-state index contributed by atoms with van der Waals surface area (Å²) >= 11 is 0. The molecule has 0 aliphatic rings. The minimum absolute atomic E-state index is 0.381. The third kappa shape index (κ3) is 3.46. The van der Waals surface area contributed by atoms with Gasteiger partial charge in [-0.05, 0) is 24.6 Å². The van der Waals surface area contributed by atoms with Crippen LogP contribution < -0.4 is 9.47 Å². The van der Waals surface area contributed by atoms with Crippen LogP contribution in [-0.4, -0.2) is 11.6 Å². The van der Waals surface area contributed by atoms with Crippen molar-refractivity contribution in [2.75, 3.05) is 6.61 Å². The summed E-state index contributed by atoms with van der Waals surface area (Å²) in [5, 5.41) is 8.84. The number of para-hydroxylation sites is 2. The first-order valence-corrected chi connectivity index (χ1v) is 6.09. The lowest BCUT2D eigenvalue weighted by Crippen LogP contribution is -1.97. The Balaban J connectivity index is 2.20. The van der Waals surface area contributed by atoms with E-state index in [1.165, 1.54) is 0 Å². The second kappa shape index (κ2) is 6.41. The van der Waals surface area contributed by atoms with Gasteiger partial charge in [0.25, 0.3) is 0 Å². The van der Waals surface area contributed by atoms with E-state index in [1.807, 2.05) is 31.2 Å². The number of aromatic nitrogens is 1. The molecule has 0 radical (unpaired) electrons. The smallest absolute Gasteiger partial charge is 0.220 e. The van der Waals surface area contributed by atoms with Gasteiger partial charge in [0.15, 0.2) is 11.5 Å². The number of hydrogen-bond donors (Lipinski definition) is 0. The van der Waals surface area contributed by atoms with Crippen LogP contribution in [0.4, 0.5) is 0 Å². The number of nitrogens with zero attached hydrogens (tertiary/aromatic N) is 2. The highest BCUT2D eigenvalue weighted by molar-refractivity contribution is 5.42. The van der Waals surface area contributed by atoms with Crippen molar-refractivity contribution in [3.8, 4) is 23.4 Å². The molecule has 1 heterocycles. The monoisotopic (exact) mass is 254 g/mol. The van der Waals surface area contributed by atoms with Crippen LogP contribution in [0.5, 0.6) is 17.4 Å². The van der Waals surface area contributed by atoms with Gasteiger partial charge in [0, 0.05) is 12.3 Å². The quantitative estimate of drug-likeness (QED) is 0.819. The summed E-state index contributed by atoms with van der Waals surface area (Å²) < 4.78 is 11.3. The summed E-state index contributed by atoms with van der Waals surface area (Å²) in [6.45, 7) is 2.67. The molecule has 0 saturated carbocycles. The Labute approximate surface area is 112 Å². The largest absolute Gasteiger partial charge is 0.490 e. The lowest BCUT2D eigenvalue weighted by atomic mass is 10.3. The Morgan fingerprint density at radius 2 is 2.00 bits per heavy atom. The van der Waals surface area contributed by atoms with E-state index in [4.69, 9.17) is 14.7 Å². The molecule has 4 nitrogen and oxygen atoms in total. The molecular weight excluding hydrogens is 240 g/mol. The van der Waals surface area contributed by atoms with Crippen molar-refractivity contribution >= 4 is 0 Å². The van der Waals surface area contributed by atoms with Gasteiger partial charge < -0.3 is 9.47 Å². The van der Waals surface area contributed by atoms with Crippen molar-refractivity contribution in [1.82, 2.24) is 4.98 Å². The lowest BCUT2D eigenvalue weighted by Gasteiger charge is -2.11. The lowest BCUT2D eigenvalue weighted by molar-refractivity contribution is 0.301. The Bertz CT molecular complexity index is 591. The normalized spacial score (nSPS) is 9.68. The molecule has 2 rings (SSSR count). The first kappa shape index (κ1) is 12.9. The van der Waals surface area contributed by atoms with Crippen molar-refractivity contribution in [2.24, 2.45) is 0 Å². The fraction of sp³-hybridized carbons (Fsp3) is 0.200. The van der Waals surface area contributed by atoms with E-state index in [2.05, 4.69) is 11.1 Å². The van der Waals surface area contributed by atoms with Gasteiger partial charge in [0.2, 0.25) is 5.88 Å². The summed E-state index contributed by atoms with van der Waals surface area (Å²) in [6.07, 6.45) is 2.47. The highest BCUT2D eigenvalue weighted by atomic mass is 16.5. The van der Waals surface area contributed by atoms with Crippen molar-refractivity contribution in [1.29, 1.82) is 5.26 Å². The number of ether oxygens (including phenoxy) is 2. The van der Waals surface area contributed by atoms with Crippen molar-refractivity contribution in [3.05, 3.63) is 48.2 Å². The molecular formula is C15H14N2O2. The van der Waals surface area contributed by atoms with Gasteiger partial charge in [-0.1, -0.05) is 19.1 Å². The molecule has 0 atom stereocenters. The minimum Gasteiger partial charge on any atom is -0.490 e. The van der Waals surface area contributed by atoms with E-state index in [0.717, 1.165) is 6.42 Å². The molecule has 0 fully saturated rings. The van der Waals surface area contributed by atoms with Gasteiger partial charge in [-0.3, -0.25) is 0 Å². The molecule has 0 aliphatic carbocycles. The molecule has 0 spiro atoms. The summed E-state index contributed by atoms with van der Waals surface area (Å²) in [6, 6.07) is 12.7. The molecule has 0 unspecified atom stereocenters. The summed E-state index contributed by atoms with van der Waals surface area (Å²) in [5.74, 6) is 1.65. The zero-order valence-corrected chi connectivity index (χ0v) is 10.7. The van der Waals surface area contributed by atoms with Crippen LogP contribution in [0, 0.1) is 11.3 Å². The predicted molar refractivity (Wildman–Crippen MR) is 71.3 cm³/mol. The Kier molecular flexibility index (Phi) is 4.35. The SMILES string of the molecule is CCCOc1ccccc1Oc1cc(C#N)ccn1. The molecule has 0 bridgehead atoms. The summed E-state index contributed by atoms with van der Waals surface area (Å²) in [5.41, 5.74) is 0.511. The highest BCUT2D eigenvalue weighted by Gasteiger charge is 2.06. The molecule has 0 N–H and O–H groups in total. The third-order valence-electron chi connectivity index (χ3n) is 2.39. The topological polar surface area (TPSA) is 55.1 Å². The highest BCUT2D eigenvalue weighted by Crippen LogP contribution is 2.30. The van der Waals surface area contributed by atoms with E-state index in [1.54, 1.807) is 18.3 Å². The van der Waals surface area contributed by atoms with Crippen LogP contribution in [0.25, 0.3) is 0 Å². The maximum absolute atomic E-state index is 8.84. The van der Waals surface area contributed by atoms with E-state index in [0.29, 0.717) is 29.5 Å². The van der Waals surface area contributed by atoms with Crippen molar-refractivity contribution < 1.29 is 9.47 Å². The average molecular weight is 254 g/mol. The molecule has 4 heteroatoms. The van der Waals surface area contributed by atoms with Gasteiger partial charge in [0.1, 0.15) is 0 Å². The second-order valence-electron chi connectivity index (χ2n) is 3.89. The molecule has 0 aliphatic heterocycles. The summed E-state index contributed by atoms with van der Waals surface area (Å²) in [4.78, 5) is 4.08. The Hall–Kier alpha value is -2.54. The van der Waals surface area contributed by atoms with Crippen LogP contribution in [0.3, 0.4) is 0 Å². The molecule has 19 heavy (non-hydrogen) atoms. The fourth-order valence-corrected chi connectivity index (χ4v) is 1.51. The Morgan fingerprint density at radius 3 is 2.74 bits per heavy atom. The van der Waals surface area contributed by atoms with Gasteiger partial charge >= 0.3 is 0 Å². The number of rotatable bonds is 5. The first-order chi connectivity index (χ1) is 9.33. The maximum Gasteiger partial charge on any atom is 0.220 e. The van der Waals surface area contributed by atoms with E-state index >= 15 is 0 Å². The van der Waals surface area contributed by atoms with Gasteiger partial charge in [0.05, 0.1) is 18.2 Å². The number of benzene rings is 1. The van der Waals surface area contributed by atoms with E-state index in [9.17, 15) is 0 Å². The Morgan fingerprint density at radius 1 is 1.21 bits per heavy atom. The second-order valence-corrected chi connectivity index (χ2v) is 3.89. The number of nitriles is 1. The van der Waals surface area contributed by atoms with Crippen molar-refractivity contribution in [3.63, 3.8) is 0 Å². The molecule has 1 aromatic heterocycles. The average Bonchev–Trinajstić information content (AvgIpc) is 2.46. The predicted octanol–water partition coefficient (Wildman–Crippen LogP) is 3.53. The third-order valence-corrected chi connectivity index (χ3v) is 2.39. The molecule has 96 valence electrons. The molecule has 2 aromatic rings. The van der Waals surface area contributed by atoms with Gasteiger partial charge in [-0.25, -0.2) is 4.98 Å². The zero-order valence-electron chi connectivity index (χ0n) is 10.7. The molecule has 0 saturated heterocycles. The van der Waals surface area contributed by atoms with Gasteiger partial charge in [-0.2, -0.15) is 5.26 Å². The van der Waals surface area contributed by atoms with Crippen LogP contribution in [-0.2, 0) is 0 Å². The molecule has 1 aromatic carbocycles. The van der Waals surface area contributed by atoms with Crippen LogP contribution in [0.1, 0.15) is 18.9 Å². The standard InChI is InChI=1S/C15H14N2O2/c1-2-9-18-13-5-3-4-6-14(13)19-15-10-12(11-16)7-8-17-15/h3-8,10H,2,9H2,1H3. The minimum atomic E-state index is 0.381. The summed E-state index contributed by atoms with van der Waals surface area (Å²) in [7, 11) is 0. The van der Waals surface area contributed by atoms with E-state index in [-0.39, 0.29) is 0 Å². The first-order valence-electron chi connectivity index (χ1n) is 6.09. The number of hydrogen-bond acceptors (Lipinski definition) is 4. The van der Waals surface area contributed by atoms with Gasteiger partial charge in [-0.15, -0.1) is 0 Å². The van der Waals surface area contributed by atoms with Crippen LogP contribution in [0.15, 0.2) is 42.6 Å². The van der Waals surface area contributed by atoms with Crippen LogP contribution in [0.2, 0.25) is 0 Å². The molecule has 0 amide bonds. The van der Waals surface area contributed by atoms with Crippen LogP contribution >= 0.6 is 0 Å². The fourth-order valence-electron chi connectivity index (χ4n) is 1.51. The zero-order chi connectivity index (χ0) is 13.5. The van der Waals surface area contributed by atoms with E-state index < -0.39 is 0 Å². The maximum atomic E-state index is 8.84. The van der Waals surface area contributed by atoms with Crippen molar-refractivity contribution in [2.45, 2.75) is 13.3 Å². The number of pyridine rings is 1.